The van der Waals surface area contributed by atoms with Gasteiger partial charge in [-0.2, -0.15) is 18.1 Å². The number of anilines is 4. The quantitative estimate of drug-likeness (QED) is 0.336. The second-order valence-electron chi connectivity index (χ2n) is 7.30. The van der Waals surface area contributed by atoms with Gasteiger partial charge in [0.2, 0.25) is 5.95 Å². The van der Waals surface area contributed by atoms with E-state index in [0.29, 0.717) is 29.1 Å². The predicted octanol–water partition coefficient (Wildman–Crippen LogP) is 4.19. The molecule has 0 unspecified atom stereocenters. The van der Waals surface area contributed by atoms with Crippen molar-refractivity contribution in [3.05, 3.63) is 64.3 Å². The standard InChI is InChI=1S/C22H27ClN6O3S/c1-5-25-33(30,31)26-13-16-6-8-17(9-7-16)27-21-15(3)12-24-22(29-21)28-18-10-14(2)20(32-4)19(23)11-18/h6-12,25-26H,5,13H2,1-4H3,(H2,24,27,28,29). The van der Waals surface area contributed by atoms with Crippen LogP contribution in [-0.4, -0.2) is 32.0 Å². The zero-order valence-corrected chi connectivity index (χ0v) is 20.4. The fourth-order valence-electron chi connectivity index (χ4n) is 3.08. The van der Waals surface area contributed by atoms with Crippen molar-refractivity contribution in [2.45, 2.75) is 27.3 Å². The Morgan fingerprint density at radius 2 is 1.73 bits per heavy atom. The van der Waals surface area contributed by atoms with Crippen molar-refractivity contribution in [3.8, 4) is 5.75 Å². The lowest BCUT2D eigenvalue weighted by Gasteiger charge is -2.13. The van der Waals surface area contributed by atoms with Gasteiger partial charge in [0.05, 0.1) is 12.1 Å². The van der Waals surface area contributed by atoms with E-state index in [1.807, 2.05) is 44.2 Å². The topological polar surface area (TPSA) is 117 Å². The molecule has 176 valence electrons. The average molecular weight is 491 g/mol. The lowest BCUT2D eigenvalue weighted by atomic mass is 10.2. The summed E-state index contributed by atoms with van der Waals surface area (Å²) in [5, 5.41) is 6.94. The average Bonchev–Trinajstić information content (AvgIpc) is 2.75. The van der Waals surface area contributed by atoms with E-state index >= 15 is 0 Å². The molecule has 0 aliphatic rings. The number of benzene rings is 2. The lowest BCUT2D eigenvalue weighted by molar-refractivity contribution is 0.412. The van der Waals surface area contributed by atoms with Crippen LogP contribution in [0.2, 0.25) is 5.02 Å². The van der Waals surface area contributed by atoms with Gasteiger partial charge < -0.3 is 15.4 Å². The van der Waals surface area contributed by atoms with E-state index in [4.69, 9.17) is 16.3 Å². The van der Waals surface area contributed by atoms with E-state index in [-0.39, 0.29) is 6.54 Å². The van der Waals surface area contributed by atoms with E-state index in [0.717, 1.165) is 28.1 Å². The van der Waals surface area contributed by atoms with Gasteiger partial charge in [-0.15, -0.1) is 0 Å². The van der Waals surface area contributed by atoms with Gasteiger partial charge in [0.15, 0.2) is 0 Å². The van der Waals surface area contributed by atoms with Crippen molar-refractivity contribution >= 4 is 45.0 Å². The Bertz CT molecular complexity index is 1200. The van der Waals surface area contributed by atoms with Crippen molar-refractivity contribution in [3.63, 3.8) is 0 Å². The molecule has 0 fully saturated rings. The Labute approximate surface area is 199 Å². The normalized spacial score (nSPS) is 11.3. The summed E-state index contributed by atoms with van der Waals surface area (Å²) in [6, 6.07) is 11.1. The fraction of sp³-hybridized carbons (Fsp3) is 0.273. The van der Waals surface area contributed by atoms with Crippen molar-refractivity contribution < 1.29 is 13.2 Å². The molecule has 9 nitrogen and oxygen atoms in total. The van der Waals surface area contributed by atoms with E-state index in [1.54, 1.807) is 26.3 Å². The van der Waals surface area contributed by atoms with Gasteiger partial charge in [0.1, 0.15) is 11.6 Å². The first kappa shape index (κ1) is 24.7. The summed E-state index contributed by atoms with van der Waals surface area (Å²) in [7, 11) is -1.91. The molecule has 0 aliphatic heterocycles. The Hall–Kier alpha value is -2.92. The molecule has 3 rings (SSSR count). The number of hydrogen-bond acceptors (Lipinski definition) is 7. The van der Waals surface area contributed by atoms with E-state index in [9.17, 15) is 8.42 Å². The first-order valence-electron chi connectivity index (χ1n) is 10.3. The minimum atomic E-state index is -3.49. The maximum Gasteiger partial charge on any atom is 0.277 e. The third-order valence-corrected chi connectivity index (χ3v) is 6.15. The van der Waals surface area contributed by atoms with Crippen LogP contribution in [-0.2, 0) is 16.8 Å². The van der Waals surface area contributed by atoms with Crippen LogP contribution in [0.1, 0.15) is 23.6 Å². The van der Waals surface area contributed by atoms with Crippen LogP contribution in [0.4, 0.5) is 23.1 Å². The molecule has 1 aromatic heterocycles. The Balaban J connectivity index is 1.70. The number of methoxy groups -OCH3 is 1. The maximum atomic E-state index is 11.7. The molecule has 3 aromatic rings. The van der Waals surface area contributed by atoms with Gasteiger partial charge in [0.25, 0.3) is 10.2 Å². The highest BCUT2D eigenvalue weighted by Gasteiger charge is 2.10. The van der Waals surface area contributed by atoms with Crippen LogP contribution in [0.25, 0.3) is 0 Å². The molecular formula is C22H27ClN6O3S. The maximum absolute atomic E-state index is 11.7. The first-order chi connectivity index (χ1) is 15.7. The van der Waals surface area contributed by atoms with Crippen LogP contribution < -0.4 is 24.8 Å². The Morgan fingerprint density at radius 1 is 1.00 bits per heavy atom. The Kier molecular flexibility index (Phi) is 8.09. The molecule has 0 spiro atoms. The smallest absolute Gasteiger partial charge is 0.277 e. The summed E-state index contributed by atoms with van der Waals surface area (Å²) in [4.78, 5) is 8.92. The molecule has 2 aromatic carbocycles. The van der Waals surface area contributed by atoms with E-state index in [2.05, 4.69) is 30.0 Å². The minimum absolute atomic E-state index is 0.194. The first-order valence-corrected chi connectivity index (χ1v) is 12.1. The summed E-state index contributed by atoms with van der Waals surface area (Å²) in [6.45, 7) is 6.07. The predicted molar refractivity (Wildman–Crippen MR) is 132 cm³/mol. The van der Waals surface area contributed by atoms with Crippen molar-refractivity contribution in [1.82, 2.24) is 19.4 Å². The molecule has 11 heteroatoms. The highest BCUT2D eigenvalue weighted by Crippen LogP contribution is 2.32. The Morgan fingerprint density at radius 3 is 2.36 bits per heavy atom. The van der Waals surface area contributed by atoms with Crippen molar-refractivity contribution in [2.24, 2.45) is 0 Å². The SMILES string of the molecule is CCNS(=O)(=O)NCc1ccc(Nc2nc(Nc3cc(C)c(OC)c(Cl)c3)ncc2C)cc1. The lowest BCUT2D eigenvalue weighted by Crippen LogP contribution is -2.35. The van der Waals surface area contributed by atoms with Gasteiger partial charge in [-0.05, 0) is 49.2 Å². The molecule has 0 amide bonds. The monoisotopic (exact) mass is 490 g/mol. The number of ether oxygens (including phenoxy) is 1. The van der Waals surface area contributed by atoms with Crippen molar-refractivity contribution in [1.29, 1.82) is 0 Å². The van der Waals surface area contributed by atoms with Gasteiger partial charge in [-0.3, -0.25) is 0 Å². The molecule has 0 saturated heterocycles. The van der Waals surface area contributed by atoms with Crippen molar-refractivity contribution in [2.75, 3.05) is 24.3 Å². The number of hydrogen-bond donors (Lipinski definition) is 4. The third-order valence-electron chi connectivity index (χ3n) is 4.68. The third kappa shape index (κ3) is 6.78. The zero-order valence-electron chi connectivity index (χ0n) is 18.9. The zero-order chi connectivity index (χ0) is 24.0. The highest BCUT2D eigenvalue weighted by molar-refractivity contribution is 7.87. The molecule has 0 bridgehead atoms. The molecule has 4 N–H and O–H groups in total. The molecule has 0 aliphatic carbocycles. The second-order valence-corrected chi connectivity index (χ2v) is 9.29. The minimum Gasteiger partial charge on any atom is -0.495 e. The van der Waals surface area contributed by atoms with Crippen LogP contribution in [0.5, 0.6) is 5.75 Å². The molecular weight excluding hydrogens is 464 g/mol. The second kappa shape index (κ2) is 10.8. The number of halogens is 1. The summed E-state index contributed by atoms with van der Waals surface area (Å²) < 4.78 is 33.6. The van der Waals surface area contributed by atoms with Gasteiger partial charge in [0, 0.05) is 36.2 Å². The van der Waals surface area contributed by atoms with Gasteiger partial charge in [-0.25, -0.2) is 9.71 Å². The largest absolute Gasteiger partial charge is 0.495 e. The summed E-state index contributed by atoms with van der Waals surface area (Å²) in [5.41, 5.74) is 4.15. The summed E-state index contributed by atoms with van der Waals surface area (Å²) >= 11 is 6.28. The van der Waals surface area contributed by atoms with Gasteiger partial charge in [-0.1, -0.05) is 30.7 Å². The fourth-order valence-corrected chi connectivity index (χ4v) is 4.26. The molecule has 0 atom stereocenters. The van der Waals surface area contributed by atoms with E-state index in [1.165, 1.54) is 0 Å². The molecule has 0 saturated carbocycles. The molecule has 0 radical (unpaired) electrons. The van der Waals surface area contributed by atoms with Crippen LogP contribution in [0.3, 0.4) is 0 Å². The molecule has 1 heterocycles. The van der Waals surface area contributed by atoms with Crippen LogP contribution >= 0.6 is 11.6 Å². The number of aryl methyl sites for hydroxylation is 2. The number of nitrogens with one attached hydrogen (secondary N) is 4. The summed E-state index contributed by atoms with van der Waals surface area (Å²) in [5.74, 6) is 1.69. The van der Waals surface area contributed by atoms with Crippen LogP contribution in [0, 0.1) is 13.8 Å². The summed E-state index contributed by atoms with van der Waals surface area (Å²) in [6.07, 6.45) is 1.72. The number of rotatable bonds is 10. The van der Waals surface area contributed by atoms with Crippen LogP contribution in [0.15, 0.2) is 42.6 Å². The van der Waals surface area contributed by atoms with Gasteiger partial charge >= 0.3 is 0 Å². The highest BCUT2D eigenvalue weighted by atomic mass is 35.5. The number of aromatic nitrogens is 2. The number of nitrogens with zero attached hydrogens (tertiary/aromatic N) is 2. The van der Waals surface area contributed by atoms with E-state index < -0.39 is 10.2 Å². The molecule has 33 heavy (non-hydrogen) atoms.